The van der Waals surface area contributed by atoms with E-state index in [2.05, 4.69) is 73.8 Å². The zero-order valence-corrected chi connectivity index (χ0v) is 28.3. The highest BCUT2D eigenvalue weighted by Gasteiger charge is 2.54. The molecule has 220 valence electrons. The van der Waals surface area contributed by atoms with Crippen LogP contribution in [0.15, 0.2) is 6.07 Å². The van der Waals surface area contributed by atoms with Crippen molar-refractivity contribution in [3.05, 3.63) is 23.0 Å². The maximum atomic E-state index is 6.31. The summed E-state index contributed by atoms with van der Waals surface area (Å²) in [5.41, 5.74) is 7.89. The molecule has 40 heavy (non-hydrogen) atoms. The van der Waals surface area contributed by atoms with Crippen molar-refractivity contribution in [2.45, 2.75) is 104 Å². The molecule has 10 heteroatoms. The van der Waals surface area contributed by atoms with E-state index >= 15 is 0 Å². The van der Waals surface area contributed by atoms with Gasteiger partial charge in [0.1, 0.15) is 24.7 Å². The van der Waals surface area contributed by atoms with Gasteiger partial charge in [-0.15, -0.1) is 0 Å². The fraction of sp³-hybridized carbons (Fsp3) is 0.700. The van der Waals surface area contributed by atoms with Crippen molar-refractivity contribution in [3.63, 3.8) is 0 Å². The Hall–Kier alpha value is -2.02. The van der Waals surface area contributed by atoms with Crippen LogP contribution in [0.5, 0.6) is 0 Å². The van der Waals surface area contributed by atoms with Crippen LogP contribution >= 0.6 is 0 Å². The number of hydrogen-bond acceptors (Lipinski definition) is 6. The van der Waals surface area contributed by atoms with Crippen LogP contribution in [0.3, 0.4) is 0 Å². The maximum Gasteiger partial charge on any atom is 0.165 e. The lowest BCUT2D eigenvalue weighted by atomic mass is 9.87. The van der Waals surface area contributed by atoms with E-state index in [1.54, 1.807) is 0 Å². The number of anilines is 1. The molecule has 0 spiro atoms. The number of aryl methyl sites for hydroxylation is 1. The van der Waals surface area contributed by atoms with Crippen LogP contribution in [0.2, 0.25) is 51.4 Å². The number of imidazole rings is 1. The SMILES string of the molecule is CCc1nc2c(cc1NC)nc(-c1nn(COCC[Si](C)(C)C)c3c1C[C@@H]1C[C@]1(C)C3)n2COCC[Si](C)(C)C. The summed E-state index contributed by atoms with van der Waals surface area (Å²) in [4.78, 5) is 10.3. The zero-order chi connectivity index (χ0) is 28.9. The first-order valence-electron chi connectivity index (χ1n) is 15.1. The molecule has 8 nitrogen and oxygen atoms in total. The molecule has 0 unspecified atom stereocenters. The van der Waals surface area contributed by atoms with E-state index in [1.165, 1.54) is 17.7 Å². The van der Waals surface area contributed by atoms with Gasteiger partial charge in [-0.05, 0) is 55.2 Å². The molecular formula is C30H50N6O2Si2. The van der Waals surface area contributed by atoms with Gasteiger partial charge in [0.15, 0.2) is 11.5 Å². The summed E-state index contributed by atoms with van der Waals surface area (Å²) < 4.78 is 16.8. The third-order valence-corrected chi connectivity index (χ3v) is 12.2. The summed E-state index contributed by atoms with van der Waals surface area (Å²) in [6.45, 7) is 21.4. The van der Waals surface area contributed by atoms with E-state index in [1.807, 2.05) is 7.05 Å². The molecule has 3 aromatic rings. The lowest BCUT2D eigenvalue weighted by Gasteiger charge is -2.20. The van der Waals surface area contributed by atoms with E-state index in [0.717, 1.165) is 84.5 Å². The van der Waals surface area contributed by atoms with Crippen LogP contribution < -0.4 is 5.32 Å². The van der Waals surface area contributed by atoms with Gasteiger partial charge in [0.25, 0.3) is 0 Å². The zero-order valence-electron chi connectivity index (χ0n) is 26.3. The highest BCUT2D eigenvalue weighted by Crippen LogP contribution is 2.60. The molecule has 0 aromatic carbocycles. The monoisotopic (exact) mass is 582 g/mol. The second-order valence-electron chi connectivity index (χ2n) is 14.7. The number of hydrogen-bond donors (Lipinski definition) is 1. The maximum absolute atomic E-state index is 6.31. The Balaban J connectivity index is 1.54. The highest BCUT2D eigenvalue weighted by atomic mass is 28.3. The molecule has 0 saturated heterocycles. The van der Waals surface area contributed by atoms with Gasteiger partial charge in [0.05, 0.1) is 11.4 Å². The van der Waals surface area contributed by atoms with Gasteiger partial charge in [0.2, 0.25) is 0 Å². The van der Waals surface area contributed by atoms with Gasteiger partial charge in [0, 0.05) is 47.7 Å². The summed E-state index contributed by atoms with van der Waals surface area (Å²) in [6, 6.07) is 4.42. The van der Waals surface area contributed by atoms with E-state index < -0.39 is 16.1 Å². The Bertz CT molecular complexity index is 1370. The van der Waals surface area contributed by atoms with E-state index in [0.29, 0.717) is 18.9 Å². The molecule has 1 N–H and O–H groups in total. The van der Waals surface area contributed by atoms with Crippen molar-refractivity contribution in [1.29, 1.82) is 0 Å². The average molecular weight is 583 g/mol. The molecule has 1 fully saturated rings. The lowest BCUT2D eigenvalue weighted by molar-refractivity contribution is 0.0756. The second-order valence-corrected chi connectivity index (χ2v) is 25.9. The predicted octanol–water partition coefficient (Wildman–Crippen LogP) is 6.65. The number of rotatable bonds is 13. The minimum absolute atomic E-state index is 0.403. The minimum atomic E-state index is -1.19. The molecule has 0 radical (unpaired) electrons. The normalized spacial score (nSPS) is 20.6. The van der Waals surface area contributed by atoms with Gasteiger partial charge < -0.3 is 14.8 Å². The number of pyridine rings is 1. The van der Waals surface area contributed by atoms with Crippen molar-refractivity contribution >= 4 is 33.0 Å². The largest absolute Gasteiger partial charge is 0.387 e. The number of nitrogens with one attached hydrogen (secondary N) is 1. The fourth-order valence-electron chi connectivity index (χ4n) is 5.84. The van der Waals surface area contributed by atoms with Crippen LogP contribution in [0.25, 0.3) is 22.7 Å². The molecule has 5 rings (SSSR count). The third kappa shape index (κ3) is 6.24. The molecule has 3 aromatic heterocycles. The Labute approximate surface area is 242 Å². The van der Waals surface area contributed by atoms with Crippen LogP contribution in [-0.4, -0.2) is 60.7 Å². The van der Waals surface area contributed by atoms with Gasteiger partial charge in [-0.3, -0.25) is 4.57 Å². The molecule has 0 amide bonds. The van der Waals surface area contributed by atoms with E-state index in [9.17, 15) is 0 Å². The van der Waals surface area contributed by atoms with Crippen molar-refractivity contribution in [3.8, 4) is 11.5 Å². The first-order valence-corrected chi connectivity index (χ1v) is 22.6. The fourth-order valence-corrected chi connectivity index (χ4v) is 7.35. The van der Waals surface area contributed by atoms with Crippen LogP contribution in [0.4, 0.5) is 5.69 Å². The summed E-state index contributed by atoms with van der Waals surface area (Å²) in [7, 11) is -0.392. The van der Waals surface area contributed by atoms with Crippen molar-refractivity contribution in [1.82, 2.24) is 24.3 Å². The highest BCUT2D eigenvalue weighted by molar-refractivity contribution is 6.76. The Kier molecular flexibility index (Phi) is 8.10. The Morgan fingerprint density at radius 1 is 1.02 bits per heavy atom. The van der Waals surface area contributed by atoms with E-state index in [4.69, 9.17) is 24.5 Å². The summed E-state index contributed by atoms with van der Waals surface area (Å²) in [5, 5.41) is 8.53. The third-order valence-electron chi connectivity index (χ3n) is 8.77. The molecule has 2 aliphatic rings. The van der Waals surface area contributed by atoms with Crippen LogP contribution in [-0.2, 0) is 42.2 Å². The van der Waals surface area contributed by atoms with Gasteiger partial charge >= 0.3 is 0 Å². The van der Waals surface area contributed by atoms with Gasteiger partial charge in [-0.25, -0.2) is 14.6 Å². The first kappa shape index (κ1) is 29.5. The van der Waals surface area contributed by atoms with E-state index in [-0.39, 0.29) is 0 Å². The van der Waals surface area contributed by atoms with Gasteiger partial charge in [-0.2, -0.15) is 5.10 Å². The Morgan fingerprint density at radius 2 is 1.70 bits per heavy atom. The molecule has 3 heterocycles. The average Bonchev–Trinajstić information content (AvgIpc) is 3.24. The molecule has 1 saturated carbocycles. The van der Waals surface area contributed by atoms with Crippen molar-refractivity contribution in [2.75, 3.05) is 25.6 Å². The smallest absolute Gasteiger partial charge is 0.165 e. The molecule has 0 aliphatic heterocycles. The Morgan fingerprint density at radius 3 is 2.33 bits per heavy atom. The van der Waals surface area contributed by atoms with Crippen molar-refractivity contribution < 1.29 is 9.47 Å². The number of ether oxygens (including phenoxy) is 2. The number of aromatic nitrogens is 5. The van der Waals surface area contributed by atoms with Crippen LogP contribution in [0.1, 0.15) is 37.2 Å². The van der Waals surface area contributed by atoms with Gasteiger partial charge in [-0.1, -0.05) is 53.1 Å². The second kappa shape index (κ2) is 11.0. The molecule has 2 atom stereocenters. The number of fused-ring (bicyclic) bond motifs is 3. The molecule has 0 bridgehead atoms. The van der Waals surface area contributed by atoms with Crippen LogP contribution in [0, 0.1) is 11.3 Å². The first-order chi connectivity index (χ1) is 18.8. The summed E-state index contributed by atoms with van der Waals surface area (Å²) >= 11 is 0. The summed E-state index contributed by atoms with van der Waals surface area (Å²) in [6.07, 6.45) is 4.26. The molecular weight excluding hydrogens is 533 g/mol. The standard InChI is InChI=1S/C30H50N6O2Si2/c1-10-23-24(31-3)16-25-28(32-23)35(19-37-11-13-39(4,5)6)29(33-25)27-22-15-21-17-30(21,2)18-26(22)36(34-27)20-38-12-14-40(7,8)9/h16,21,31H,10-15,17-20H2,1-9H3/t21-,30-/m1/s1. The lowest BCUT2D eigenvalue weighted by Crippen LogP contribution is -2.23. The number of nitrogens with zero attached hydrogens (tertiary/aromatic N) is 5. The minimum Gasteiger partial charge on any atom is -0.387 e. The quantitative estimate of drug-likeness (QED) is 0.180. The summed E-state index contributed by atoms with van der Waals surface area (Å²) in [5.74, 6) is 1.60. The van der Waals surface area contributed by atoms with Crippen molar-refractivity contribution in [2.24, 2.45) is 11.3 Å². The predicted molar refractivity (Wildman–Crippen MR) is 170 cm³/mol. The molecule has 2 aliphatic carbocycles. The topological polar surface area (TPSA) is 79.0 Å².